The molecule has 10 nitrogen and oxygen atoms in total. The number of ether oxygens (including phenoxy) is 1. The van der Waals surface area contributed by atoms with E-state index in [1.165, 1.54) is 31.2 Å². The molecule has 1 aliphatic heterocycles. The van der Waals surface area contributed by atoms with Crippen LogP contribution in [0.15, 0.2) is 42.5 Å². The van der Waals surface area contributed by atoms with Crippen molar-refractivity contribution >= 4 is 29.2 Å². The lowest BCUT2D eigenvalue weighted by atomic mass is 9.92. The van der Waals surface area contributed by atoms with Crippen LogP contribution in [-0.2, 0) is 15.1 Å². The highest BCUT2D eigenvalue weighted by Crippen LogP contribution is 2.30. The molecule has 1 saturated heterocycles. The molecule has 0 radical (unpaired) electrons. The first kappa shape index (κ1) is 22.5. The van der Waals surface area contributed by atoms with Gasteiger partial charge in [0, 0.05) is 12.1 Å². The van der Waals surface area contributed by atoms with Crippen molar-refractivity contribution in [2.75, 3.05) is 11.9 Å². The van der Waals surface area contributed by atoms with E-state index < -0.39 is 58.7 Å². The van der Waals surface area contributed by atoms with Crippen molar-refractivity contribution in [1.82, 2.24) is 10.2 Å². The SMILES string of the molecule is CC1(c2ccc(OC(F)F)cc2)NC(=O)N(CC(=O)Nc2cc([N+](=O)[O-])ccc2F)C1=O. The Hall–Kier alpha value is -4.16. The minimum absolute atomic E-state index is 0.153. The predicted molar refractivity (Wildman–Crippen MR) is 102 cm³/mol. The van der Waals surface area contributed by atoms with Crippen LogP contribution in [0.2, 0.25) is 0 Å². The van der Waals surface area contributed by atoms with Crippen LogP contribution in [0, 0.1) is 15.9 Å². The first-order valence-electron chi connectivity index (χ1n) is 8.94. The molecule has 1 fully saturated rings. The van der Waals surface area contributed by atoms with Crippen LogP contribution in [0.25, 0.3) is 0 Å². The maximum Gasteiger partial charge on any atom is 0.387 e. The zero-order valence-electron chi connectivity index (χ0n) is 16.3. The van der Waals surface area contributed by atoms with Crippen LogP contribution in [0.1, 0.15) is 12.5 Å². The van der Waals surface area contributed by atoms with Gasteiger partial charge in [0.25, 0.3) is 11.6 Å². The quantitative estimate of drug-likeness (QED) is 0.377. The zero-order valence-corrected chi connectivity index (χ0v) is 16.3. The molecule has 0 aromatic heterocycles. The first-order valence-corrected chi connectivity index (χ1v) is 8.94. The second kappa shape index (κ2) is 8.53. The Morgan fingerprint density at radius 3 is 2.50 bits per heavy atom. The summed E-state index contributed by atoms with van der Waals surface area (Å²) in [6.07, 6.45) is 0. The number of nitro groups is 1. The average molecular weight is 452 g/mol. The lowest BCUT2D eigenvalue weighted by molar-refractivity contribution is -0.384. The van der Waals surface area contributed by atoms with Crippen LogP contribution in [0.4, 0.5) is 29.3 Å². The molecule has 0 spiro atoms. The number of carbonyl (C=O) groups excluding carboxylic acids is 3. The fourth-order valence-electron chi connectivity index (χ4n) is 3.06. The van der Waals surface area contributed by atoms with E-state index >= 15 is 0 Å². The number of non-ortho nitro benzene ring substituents is 1. The molecule has 1 unspecified atom stereocenters. The Morgan fingerprint density at radius 2 is 1.91 bits per heavy atom. The van der Waals surface area contributed by atoms with Gasteiger partial charge in [0.1, 0.15) is 23.7 Å². The standard InChI is InChI=1S/C19H15F3N4O6/c1-19(10-2-5-12(6-3-10)32-17(21)22)16(28)25(18(29)24-19)9-15(27)23-14-8-11(26(30)31)4-7-13(14)20/h2-8,17H,9H2,1H3,(H,23,27)(H,24,29). The number of halogens is 3. The van der Waals surface area contributed by atoms with E-state index in [1.807, 2.05) is 0 Å². The van der Waals surface area contributed by atoms with Crippen molar-refractivity contribution in [2.45, 2.75) is 19.1 Å². The van der Waals surface area contributed by atoms with Gasteiger partial charge >= 0.3 is 12.6 Å². The molecule has 0 saturated carbocycles. The Balaban J connectivity index is 1.74. The molecule has 168 valence electrons. The molecule has 2 aromatic rings. The third kappa shape index (κ3) is 4.45. The molecule has 2 N–H and O–H groups in total. The number of rotatable bonds is 7. The summed E-state index contributed by atoms with van der Waals surface area (Å²) >= 11 is 0. The third-order valence-electron chi connectivity index (χ3n) is 4.67. The van der Waals surface area contributed by atoms with E-state index in [-0.39, 0.29) is 11.3 Å². The van der Waals surface area contributed by atoms with Gasteiger partial charge in [-0.2, -0.15) is 8.78 Å². The van der Waals surface area contributed by atoms with E-state index in [4.69, 9.17) is 0 Å². The van der Waals surface area contributed by atoms with Crippen molar-refractivity contribution in [3.05, 3.63) is 64.0 Å². The summed E-state index contributed by atoms with van der Waals surface area (Å²) in [6, 6.07) is 6.56. The summed E-state index contributed by atoms with van der Waals surface area (Å²) in [7, 11) is 0. The number of nitrogens with zero attached hydrogens (tertiary/aromatic N) is 2. The molecule has 13 heteroatoms. The average Bonchev–Trinajstić information content (AvgIpc) is 2.93. The summed E-state index contributed by atoms with van der Waals surface area (Å²) in [4.78, 5) is 48.0. The fourth-order valence-corrected chi connectivity index (χ4v) is 3.06. The van der Waals surface area contributed by atoms with Gasteiger partial charge in [-0.25, -0.2) is 9.18 Å². The minimum atomic E-state index is -3.03. The molecule has 1 heterocycles. The number of carbonyl (C=O) groups is 3. The Kier molecular flexibility index (Phi) is 6.00. The summed E-state index contributed by atoms with van der Waals surface area (Å²) in [6.45, 7) is -2.47. The number of anilines is 1. The maximum absolute atomic E-state index is 13.9. The smallest absolute Gasteiger partial charge is 0.387 e. The highest BCUT2D eigenvalue weighted by Gasteiger charge is 2.49. The second-order valence-corrected chi connectivity index (χ2v) is 6.82. The number of alkyl halides is 2. The molecule has 3 rings (SSSR count). The number of hydrogen-bond acceptors (Lipinski definition) is 6. The molecule has 32 heavy (non-hydrogen) atoms. The second-order valence-electron chi connectivity index (χ2n) is 6.82. The van der Waals surface area contributed by atoms with E-state index in [2.05, 4.69) is 15.4 Å². The van der Waals surface area contributed by atoms with Gasteiger partial charge in [0.05, 0.1) is 10.6 Å². The molecule has 0 aliphatic carbocycles. The van der Waals surface area contributed by atoms with Crippen LogP contribution < -0.4 is 15.4 Å². The van der Waals surface area contributed by atoms with E-state index in [0.717, 1.165) is 18.2 Å². The summed E-state index contributed by atoms with van der Waals surface area (Å²) in [5.41, 5.74) is -2.32. The molecule has 4 amide bonds. The highest BCUT2D eigenvalue weighted by atomic mass is 19.3. The predicted octanol–water partition coefficient (Wildman–Crippen LogP) is 2.74. The number of nitrogens with one attached hydrogen (secondary N) is 2. The first-order chi connectivity index (χ1) is 15.0. The summed E-state index contributed by atoms with van der Waals surface area (Å²) in [5.74, 6) is -2.89. The minimum Gasteiger partial charge on any atom is -0.435 e. The van der Waals surface area contributed by atoms with Crippen LogP contribution >= 0.6 is 0 Å². The highest BCUT2D eigenvalue weighted by molar-refractivity contribution is 6.10. The molecule has 1 aliphatic rings. The lowest BCUT2D eigenvalue weighted by Crippen LogP contribution is -2.42. The van der Waals surface area contributed by atoms with Gasteiger partial charge in [0.2, 0.25) is 5.91 Å². The Labute approximate surface area is 178 Å². The Bertz CT molecular complexity index is 1090. The number of hydrogen-bond donors (Lipinski definition) is 2. The summed E-state index contributed by atoms with van der Waals surface area (Å²) in [5, 5.41) is 15.3. The van der Waals surface area contributed by atoms with Crippen molar-refractivity contribution < 1.29 is 37.2 Å². The molecule has 1 atom stereocenters. The third-order valence-corrected chi connectivity index (χ3v) is 4.67. The van der Waals surface area contributed by atoms with Gasteiger partial charge in [-0.3, -0.25) is 24.6 Å². The topological polar surface area (TPSA) is 131 Å². The van der Waals surface area contributed by atoms with Crippen LogP contribution in [0.3, 0.4) is 0 Å². The number of nitro benzene ring substituents is 1. The van der Waals surface area contributed by atoms with Crippen LogP contribution in [0.5, 0.6) is 5.75 Å². The van der Waals surface area contributed by atoms with Gasteiger partial charge < -0.3 is 15.4 Å². The van der Waals surface area contributed by atoms with Crippen molar-refractivity contribution in [1.29, 1.82) is 0 Å². The largest absolute Gasteiger partial charge is 0.435 e. The van der Waals surface area contributed by atoms with Crippen molar-refractivity contribution in [3.63, 3.8) is 0 Å². The molecular weight excluding hydrogens is 437 g/mol. The van der Waals surface area contributed by atoms with Gasteiger partial charge in [0.15, 0.2) is 0 Å². The normalized spacial score (nSPS) is 18.0. The van der Waals surface area contributed by atoms with Crippen LogP contribution in [-0.4, -0.2) is 40.8 Å². The molecular formula is C19H15F3N4O6. The maximum atomic E-state index is 13.9. The molecule has 0 bridgehead atoms. The fraction of sp³-hybridized carbons (Fsp3) is 0.211. The lowest BCUT2D eigenvalue weighted by Gasteiger charge is -2.22. The number of urea groups is 1. The van der Waals surface area contributed by atoms with E-state index in [9.17, 15) is 37.7 Å². The molecule has 2 aromatic carbocycles. The van der Waals surface area contributed by atoms with Gasteiger partial charge in [-0.15, -0.1) is 0 Å². The summed E-state index contributed by atoms with van der Waals surface area (Å²) < 4.78 is 42.7. The van der Waals surface area contributed by atoms with E-state index in [1.54, 1.807) is 0 Å². The number of imide groups is 1. The Morgan fingerprint density at radius 1 is 1.25 bits per heavy atom. The van der Waals surface area contributed by atoms with Crippen molar-refractivity contribution in [2.24, 2.45) is 0 Å². The number of amides is 4. The van der Waals surface area contributed by atoms with Gasteiger partial charge in [-0.05, 0) is 30.7 Å². The van der Waals surface area contributed by atoms with Crippen molar-refractivity contribution in [3.8, 4) is 5.75 Å². The monoisotopic (exact) mass is 452 g/mol. The number of benzene rings is 2. The van der Waals surface area contributed by atoms with Gasteiger partial charge in [-0.1, -0.05) is 12.1 Å². The zero-order chi connectivity index (χ0) is 23.6. The van der Waals surface area contributed by atoms with E-state index in [0.29, 0.717) is 4.90 Å².